The van der Waals surface area contributed by atoms with Gasteiger partial charge in [0.05, 0.1) is 0 Å². The number of likely N-dealkylation sites (N-methyl/N-ethyl adjacent to an activating group) is 1. The molecule has 1 fully saturated rings. The van der Waals surface area contributed by atoms with E-state index in [0.717, 1.165) is 12.6 Å². The van der Waals surface area contributed by atoms with Crippen LogP contribution < -0.4 is 5.32 Å². The normalized spacial score (nSPS) is 16.8. The molecular weight excluding hydrogens is 148 g/mol. The van der Waals surface area contributed by atoms with Gasteiger partial charge in [0.1, 0.15) is 0 Å². The van der Waals surface area contributed by atoms with Crippen molar-refractivity contribution in [1.82, 2.24) is 10.2 Å². The Morgan fingerprint density at radius 2 is 2.33 bits per heavy atom. The molecule has 0 heterocycles. The van der Waals surface area contributed by atoms with Crippen LogP contribution in [0, 0.1) is 0 Å². The molecule has 0 aromatic heterocycles. The van der Waals surface area contributed by atoms with Crippen molar-refractivity contribution in [3.05, 3.63) is 12.7 Å². The van der Waals surface area contributed by atoms with Crippen molar-refractivity contribution < 1.29 is 0 Å². The topological polar surface area (TPSA) is 15.3 Å². The molecule has 0 amide bonds. The van der Waals surface area contributed by atoms with Crippen LogP contribution in [-0.4, -0.2) is 37.6 Å². The molecule has 0 aromatic carbocycles. The van der Waals surface area contributed by atoms with E-state index in [0.29, 0.717) is 0 Å². The molecule has 2 heteroatoms. The lowest BCUT2D eigenvalue weighted by molar-refractivity contribution is 0.360. The molecule has 1 N–H and O–H groups in total. The van der Waals surface area contributed by atoms with Crippen LogP contribution in [0.4, 0.5) is 0 Å². The maximum absolute atomic E-state index is 3.71. The van der Waals surface area contributed by atoms with Crippen LogP contribution in [0.3, 0.4) is 0 Å². The lowest BCUT2D eigenvalue weighted by atomic mass is 10.4. The van der Waals surface area contributed by atoms with Gasteiger partial charge >= 0.3 is 0 Å². The van der Waals surface area contributed by atoms with Gasteiger partial charge in [-0.05, 0) is 39.4 Å². The van der Waals surface area contributed by atoms with Gasteiger partial charge < -0.3 is 10.2 Å². The van der Waals surface area contributed by atoms with Crippen molar-refractivity contribution in [3.8, 4) is 0 Å². The first-order valence-electron chi connectivity index (χ1n) is 4.85. The number of nitrogens with one attached hydrogen (secondary N) is 1. The molecule has 1 aliphatic carbocycles. The number of nitrogens with zero attached hydrogens (tertiary/aromatic N) is 1. The summed E-state index contributed by atoms with van der Waals surface area (Å²) in [5.41, 5.74) is 0. The fourth-order valence-corrected chi connectivity index (χ4v) is 1.25. The van der Waals surface area contributed by atoms with E-state index in [9.17, 15) is 0 Å². The Morgan fingerprint density at radius 3 is 2.92 bits per heavy atom. The summed E-state index contributed by atoms with van der Waals surface area (Å²) in [4.78, 5) is 2.29. The second-order valence-electron chi connectivity index (χ2n) is 3.63. The highest BCUT2D eigenvalue weighted by Crippen LogP contribution is 2.18. The van der Waals surface area contributed by atoms with Crippen molar-refractivity contribution in [2.24, 2.45) is 0 Å². The van der Waals surface area contributed by atoms with Gasteiger partial charge in [-0.15, -0.1) is 6.58 Å². The smallest absolute Gasteiger partial charge is 0.0157 e. The minimum atomic E-state index is 0.856. The maximum Gasteiger partial charge on any atom is 0.0157 e. The average Bonchev–Trinajstić information content (AvgIpc) is 2.82. The Labute approximate surface area is 75.6 Å². The lowest BCUT2D eigenvalue weighted by Crippen LogP contribution is -2.25. The number of hydrogen-bond acceptors (Lipinski definition) is 2. The van der Waals surface area contributed by atoms with Gasteiger partial charge in [-0.3, -0.25) is 0 Å². The van der Waals surface area contributed by atoms with Gasteiger partial charge in [0.15, 0.2) is 0 Å². The molecule has 0 spiro atoms. The SMILES string of the molecule is C=CCN(C)CCCNC1CC1. The van der Waals surface area contributed by atoms with Crippen LogP contribution in [0.1, 0.15) is 19.3 Å². The van der Waals surface area contributed by atoms with Crippen molar-refractivity contribution in [2.45, 2.75) is 25.3 Å². The molecule has 0 bridgehead atoms. The standard InChI is InChI=1S/C10H20N2/c1-3-8-12(2)9-4-7-11-10-5-6-10/h3,10-11H,1,4-9H2,2H3. The second-order valence-corrected chi connectivity index (χ2v) is 3.63. The second kappa shape index (κ2) is 5.33. The van der Waals surface area contributed by atoms with Gasteiger partial charge in [0, 0.05) is 12.6 Å². The van der Waals surface area contributed by atoms with E-state index in [1.165, 1.54) is 32.4 Å². The van der Waals surface area contributed by atoms with Gasteiger partial charge in [0.2, 0.25) is 0 Å². The minimum Gasteiger partial charge on any atom is -0.314 e. The summed E-state index contributed by atoms with van der Waals surface area (Å²) in [6, 6.07) is 0.856. The highest BCUT2D eigenvalue weighted by Gasteiger charge is 2.19. The molecular formula is C10H20N2. The van der Waals surface area contributed by atoms with Crippen LogP contribution in [0.15, 0.2) is 12.7 Å². The molecule has 12 heavy (non-hydrogen) atoms. The number of hydrogen-bond donors (Lipinski definition) is 1. The zero-order chi connectivity index (χ0) is 8.81. The maximum atomic E-state index is 3.71. The van der Waals surface area contributed by atoms with E-state index in [1.807, 2.05) is 6.08 Å². The fraction of sp³-hybridized carbons (Fsp3) is 0.800. The highest BCUT2D eigenvalue weighted by atomic mass is 15.1. The predicted molar refractivity (Wildman–Crippen MR) is 53.3 cm³/mol. The molecule has 1 saturated carbocycles. The Bertz CT molecular complexity index is 130. The molecule has 0 aliphatic heterocycles. The van der Waals surface area contributed by atoms with E-state index < -0.39 is 0 Å². The van der Waals surface area contributed by atoms with Crippen molar-refractivity contribution in [1.29, 1.82) is 0 Å². The minimum absolute atomic E-state index is 0.856. The average molecular weight is 168 g/mol. The van der Waals surface area contributed by atoms with E-state index in [4.69, 9.17) is 0 Å². The quantitative estimate of drug-likeness (QED) is 0.454. The van der Waals surface area contributed by atoms with Crippen LogP contribution in [0.5, 0.6) is 0 Å². The monoisotopic (exact) mass is 168 g/mol. The van der Waals surface area contributed by atoms with Gasteiger partial charge in [-0.2, -0.15) is 0 Å². The fourth-order valence-electron chi connectivity index (χ4n) is 1.25. The molecule has 1 aliphatic rings. The van der Waals surface area contributed by atoms with Gasteiger partial charge in [0.25, 0.3) is 0 Å². The van der Waals surface area contributed by atoms with Crippen LogP contribution in [0.2, 0.25) is 0 Å². The van der Waals surface area contributed by atoms with Crippen LogP contribution in [-0.2, 0) is 0 Å². The molecule has 2 nitrogen and oxygen atoms in total. The van der Waals surface area contributed by atoms with Crippen LogP contribution in [0.25, 0.3) is 0 Å². The summed E-state index contributed by atoms with van der Waals surface area (Å²) in [5.74, 6) is 0. The van der Waals surface area contributed by atoms with E-state index in [-0.39, 0.29) is 0 Å². The lowest BCUT2D eigenvalue weighted by Gasteiger charge is -2.13. The predicted octanol–water partition coefficient (Wildman–Crippen LogP) is 1.25. The summed E-state index contributed by atoms with van der Waals surface area (Å²) in [7, 11) is 2.14. The third-order valence-electron chi connectivity index (χ3n) is 2.17. The first-order valence-corrected chi connectivity index (χ1v) is 4.85. The molecule has 1 rings (SSSR count). The van der Waals surface area contributed by atoms with E-state index >= 15 is 0 Å². The Morgan fingerprint density at radius 1 is 1.58 bits per heavy atom. The molecule has 70 valence electrons. The van der Waals surface area contributed by atoms with Crippen molar-refractivity contribution in [3.63, 3.8) is 0 Å². The summed E-state index contributed by atoms with van der Waals surface area (Å²) in [6.45, 7) is 7.06. The van der Waals surface area contributed by atoms with Crippen molar-refractivity contribution >= 4 is 0 Å². The zero-order valence-electron chi connectivity index (χ0n) is 8.05. The molecule has 0 atom stereocenters. The summed E-state index contributed by atoms with van der Waals surface area (Å²) in [6.07, 6.45) is 5.99. The van der Waals surface area contributed by atoms with E-state index in [1.54, 1.807) is 0 Å². The molecule has 0 radical (unpaired) electrons. The van der Waals surface area contributed by atoms with Crippen LogP contribution >= 0.6 is 0 Å². The van der Waals surface area contributed by atoms with E-state index in [2.05, 4.69) is 23.8 Å². The summed E-state index contributed by atoms with van der Waals surface area (Å²) < 4.78 is 0. The molecule has 0 aromatic rings. The Kier molecular flexibility index (Phi) is 4.33. The zero-order valence-corrected chi connectivity index (χ0v) is 8.05. The van der Waals surface area contributed by atoms with Gasteiger partial charge in [-0.25, -0.2) is 0 Å². The number of rotatable bonds is 7. The van der Waals surface area contributed by atoms with Gasteiger partial charge in [-0.1, -0.05) is 6.08 Å². The molecule has 0 unspecified atom stereocenters. The first-order chi connectivity index (χ1) is 5.83. The third kappa shape index (κ3) is 4.52. The third-order valence-corrected chi connectivity index (χ3v) is 2.17. The Hall–Kier alpha value is -0.340. The first kappa shape index (κ1) is 9.75. The Balaban J connectivity index is 1.82. The van der Waals surface area contributed by atoms with Crippen molar-refractivity contribution in [2.75, 3.05) is 26.7 Å². The summed E-state index contributed by atoms with van der Waals surface area (Å²) in [5, 5.41) is 3.50. The molecule has 0 saturated heterocycles. The largest absolute Gasteiger partial charge is 0.314 e. The summed E-state index contributed by atoms with van der Waals surface area (Å²) >= 11 is 0. The highest BCUT2D eigenvalue weighted by molar-refractivity contribution is 4.80.